The average molecular weight is 341 g/mol. The number of carbonyl (C=O) groups is 1. The van der Waals surface area contributed by atoms with Crippen molar-refractivity contribution in [3.8, 4) is 0 Å². The largest absolute Gasteiger partial charge is 0.336 e. The van der Waals surface area contributed by atoms with Gasteiger partial charge in [-0.3, -0.25) is 4.79 Å². The van der Waals surface area contributed by atoms with E-state index in [4.69, 9.17) is 0 Å². The second kappa shape index (κ2) is 8.15. The summed E-state index contributed by atoms with van der Waals surface area (Å²) in [5.74, 6) is 2.17. The van der Waals surface area contributed by atoms with Gasteiger partial charge in [0.1, 0.15) is 11.9 Å². The predicted octanol–water partition coefficient (Wildman–Crippen LogP) is 2.53. The Morgan fingerprint density at radius 1 is 1.43 bits per heavy atom. The summed E-state index contributed by atoms with van der Waals surface area (Å²) >= 11 is 0. The number of hydrogen-bond donors (Lipinski definition) is 1. The van der Waals surface area contributed by atoms with E-state index < -0.39 is 0 Å². The van der Waals surface area contributed by atoms with Crippen LogP contribution >= 0.6 is 12.4 Å². The minimum Gasteiger partial charge on any atom is -0.336 e. The number of hydrogen-bond acceptors (Lipinski definition) is 3. The molecule has 1 aliphatic heterocycles. The first kappa shape index (κ1) is 18.3. The SMILES string of the molecule is CC(CC1CCCC1)C(=O)N1CCNCC1c1nccn1C.Cl. The molecule has 3 rings (SSSR count). The Labute approximate surface area is 145 Å². The third-order valence-corrected chi connectivity index (χ3v) is 5.27. The number of rotatable bonds is 4. The molecule has 1 aromatic heterocycles. The van der Waals surface area contributed by atoms with E-state index in [1.165, 1.54) is 25.7 Å². The molecule has 1 N–H and O–H groups in total. The molecule has 2 fully saturated rings. The van der Waals surface area contributed by atoms with Gasteiger partial charge < -0.3 is 14.8 Å². The molecule has 0 bridgehead atoms. The van der Waals surface area contributed by atoms with Gasteiger partial charge in [0.05, 0.1) is 0 Å². The van der Waals surface area contributed by atoms with E-state index in [1.807, 2.05) is 24.0 Å². The van der Waals surface area contributed by atoms with E-state index >= 15 is 0 Å². The first-order valence-electron chi connectivity index (χ1n) is 8.65. The maximum atomic E-state index is 13.0. The highest BCUT2D eigenvalue weighted by atomic mass is 35.5. The summed E-state index contributed by atoms with van der Waals surface area (Å²) < 4.78 is 2.03. The number of nitrogens with one attached hydrogen (secondary N) is 1. The predicted molar refractivity (Wildman–Crippen MR) is 93.5 cm³/mol. The number of carbonyl (C=O) groups excluding carboxylic acids is 1. The third kappa shape index (κ3) is 4.07. The Morgan fingerprint density at radius 3 is 2.83 bits per heavy atom. The Bertz CT molecular complexity index is 512. The molecule has 0 aromatic carbocycles. The quantitative estimate of drug-likeness (QED) is 0.916. The van der Waals surface area contributed by atoms with Crippen LogP contribution in [0.2, 0.25) is 0 Å². The molecule has 0 spiro atoms. The monoisotopic (exact) mass is 340 g/mol. The number of aryl methyl sites for hydroxylation is 1. The first-order valence-corrected chi connectivity index (χ1v) is 8.65. The first-order chi connectivity index (χ1) is 10.7. The molecule has 1 saturated heterocycles. The Hall–Kier alpha value is -1.07. The average Bonchev–Trinajstić information content (AvgIpc) is 3.18. The maximum Gasteiger partial charge on any atom is 0.226 e. The Kier molecular flexibility index (Phi) is 6.48. The topological polar surface area (TPSA) is 50.2 Å². The second-order valence-corrected chi connectivity index (χ2v) is 6.94. The van der Waals surface area contributed by atoms with Crippen LogP contribution < -0.4 is 5.32 Å². The zero-order chi connectivity index (χ0) is 15.5. The molecule has 5 nitrogen and oxygen atoms in total. The van der Waals surface area contributed by atoms with E-state index in [0.717, 1.165) is 37.8 Å². The van der Waals surface area contributed by atoms with E-state index in [-0.39, 0.29) is 24.4 Å². The summed E-state index contributed by atoms with van der Waals surface area (Å²) in [4.78, 5) is 19.5. The van der Waals surface area contributed by atoms with Crippen molar-refractivity contribution in [2.24, 2.45) is 18.9 Å². The van der Waals surface area contributed by atoms with Crippen LogP contribution in [0.3, 0.4) is 0 Å². The number of piperazine rings is 1. The van der Waals surface area contributed by atoms with Gasteiger partial charge in [-0.1, -0.05) is 32.6 Å². The van der Waals surface area contributed by atoms with Gasteiger partial charge in [0, 0.05) is 45.0 Å². The molecule has 0 radical (unpaired) electrons. The molecule has 1 saturated carbocycles. The molecule has 2 unspecified atom stereocenters. The zero-order valence-corrected chi connectivity index (χ0v) is 15.0. The van der Waals surface area contributed by atoms with Crippen molar-refractivity contribution in [3.63, 3.8) is 0 Å². The van der Waals surface area contributed by atoms with Gasteiger partial charge in [-0.2, -0.15) is 0 Å². The van der Waals surface area contributed by atoms with Crippen LogP contribution in [-0.4, -0.2) is 40.0 Å². The van der Waals surface area contributed by atoms with Crippen molar-refractivity contribution in [2.45, 2.75) is 45.1 Å². The van der Waals surface area contributed by atoms with Crippen molar-refractivity contribution in [1.82, 2.24) is 19.8 Å². The molecule has 6 heteroatoms. The number of imidazole rings is 1. The fourth-order valence-corrected chi connectivity index (χ4v) is 4.03. The molecule has 1 amide bonds. The fraction of sp³-hybridized carbons (Fsp3) is 0.765. The van der Waals surface area contributed by atoms with Crippen LogP contribution in [0.4, 0.5) is 0 Å². The Balaban J connectivity index is 0.00000192. The molecular weight excluding hydrogens is 312 g/mol. The summed E-state index contributed by atoms with van der Waals surface area (Å²) in [6, 6.07) is 0.0623. The normalized spacial score (nSPS) is 23.6. The summed E-state index contributed by atoms with van der Waals surface area (Å²) in [7, 11) is 2.00. The van der Waals surface area contributed by atoms with Crippen LogP contribution in [0.15, 0.2) is 12.4 Å². The van der Waals surface area contributed by atoms with Gasteiger partial charge in [0.25, 0.3) is 0 Å². The van der Waals surface area contributed by atoms with Gasteiger partial charge >= 0.3 is 0 Å². The van der Waals surface area contributed by atoms with E-state index in [2.05, 4.69) is 22.1 Å². The summed E-state index contributed by atoms with van der Waals surface area (Å²) in [6.45, 7) is 4.57. The van der Waals surface area contributed by atoms with Gasteiger partial charge in [0.2, 0.25) is 5.91 Å². The Morgan fingerprint density at radius 2 is 2.17 bits per heavy atom. The van der Waals surface area contributed by atoms with Gasteiger partial charge in [-0.15, -0.1) is 12.4 Å². The molecule has 130 valence electrons. The summed E-state index contributed by atoms with van der Waals surface area (Å²) in [5.41, 5.74) is 0. The van der Waals surface area contributed by atoms with Gasteiger partial charge in [-0.25, -0.2) is 4.98 Å². The lowest BCUT2D eigenvalue weighted by Gasteiger charge is -2.37. The van der Waals surface area contributed by atoms with Crippen molar-refractivity contribution >= 4 is 18.3 Å². The van der Waals surface area contributed by atoms with Crippen LogP contribution in [-0.2, 0) is 11.8 Å². The lowest BCUT2D eigenvalue weighted by Crippen LogP contribution is -2.51. The highest BCUT2D eigenvalue weighted by Crippen LogP contribution is 2.32. The lowest BCUT2D eigenvalue weighted by atomic mass is 9.93. The summed E-state index contributed by atoms with van der Waals surface area (Å²) in [5, 5.41) is 3.40. The highest BCUT2D eigenvalue weighted by Gasteiger charge is 2.33. The van der Waals surface area contributed by atoms with Crippen LogP contribution in [0.5, 0.6) is 0 Å². The zero-order valence-electron chi connectivity index (χ0n) is 14.2. The number of halogens is 1. The third-order valence-electron chi connectivity index (χ3n) is 5.27. The molecule has 1 aliphatic carbocycles. The van der Waals surface area contributed by atoms with Crippen LogP contribution in [0.1, 0.15) is 50.9 Å². The smallest absolute Gasteiger partial charge is 0.226 e. The fourth-order valence-electron chi connectivity index (χ4n) is 4.03. The van der Waals surface area contributed by atoms with Gasteiger partial charge in [0.15, 0.2) is 0 Å². The highest BCUT2D eigenvalue weighted by molar-refractivity contribution is 5.85. The molecule has 2 aliphatic rings. The second-order valence-electron chi connectivity index (χ2n) is 6.94. The van der Waals surface area contributed by atoms with Crippen molar-refractivity contribution in [1.29, 1.82) is 0 Å². The minimum absolute atomic E-state index is 0. The molecule has 23 heavy (non-hydrogen) atoms. The standard InChI is InChI=1S/C17H28N4O.ClH/c1-13(11-14-5-3-4-6-14)17(22)21-10-7-18-12-15(21)16-19-8-9-20(16)2;/h8-9,13-15,18H,3-7,10-12H2,1-2H3;1H. The van der Waals surface area contributed by atoms with Gasteiger partial charge in [-0.05, 0) is 12.3 Å². The number of aromatic nitrogens is 2. The van der Waals surface area contributed by atoms with Crippen molar-refractivity contribution in [2.75, 3.05) is 19.6 Å². The van der Waals surface area contributed by atoms with E-state index in [0.29, 0.717) is 5.91 Å². The van der Waals surface area contributed by atoms with Crippen molar-refractivity contribution < 1.29 is 4.79 Å². The maximum absolute atomic E-state index is 13.0. The molecule has 1 aromatic rings. The molecule has 2 heterocycles. The minimum atomic E-state index is 0. The summed E-state index contributed by atoms with van der Waals surface area (Å²) in [6.07, 6.45) is 10.1. The number of nitrogens with zero attached hydrogens (tertiary/aromatic N) is 3. The molecule has 2 atom stereocenters. The van der Waals surface area contributed by atoms with Crippen LogP contribution in [0, 0.1) is 11.8 Å². The lowest BCUT2D eigenvalue weighted by molar-refractivity contribution is -0.139. The van der Waals surface area contributed by atoms with Crippen LogP contribution in [0.25, 0.3) is 0 Å². The van der Waals surface area contributed by atoms with E-state index in [1.54, 1.807) is 0 Å². The van der Waals surface area contributed by atoms with E-state index in [9.17, 15) is 4.79 Å². The number of amides is 1. The van der Waals surface area contributed by atoms with Crippen molar-refractivity contribution in [3.05, 3.63) is 18.2 Å². The molecular formula is C17H29ClN4O.